The monoisotopic (exact) mass is 376 g/mol. The van der Waals surface area contributed by atoms with Gasteiger partial charge < -0.3 is 14.7 Å². The maximum Gasteiger partial charge on any atom is 0.230 e. The molecule has 5 nitrogen and oxygen atoms in total. The zero-order valence-electron chi connectivity index (χ0n) is 15.9. The summed E-state index contributed by atoms with van der Waals surface area (Å²) in [6, 6.07) is 20.2. The Bertz CT molecular complexity index is 895. The minimum atomic E-state index is -0.141. The van der Waals surface area contributed by atoms with Gasteiger partial charge in [-0.25, -0.2) is 0 Å². The van der Waals surface area contributed by atoms with Gasteiger partial charge in [0.1, 0.15) is 11.5 Å². The number of phenolic OH excluding ortho intramolecular Hbond substituents is 1. The van der Waals surface area contributed by atoms with Crippen LogP contribution in [0.15, 0.2) is 72.9 Å². The van der Waals surface area contributed by atoms with Crippen LogP contribution in [-0.4, -0.2) is 22.6 Å². The van der Waals surface area contributed by atoms with E-state index in [0.717, 1.165) is 17.9 Å². The Balaban J connectivity index is 1.68. The zero-order chi connectivity index (χ0) is 19.8. The second kappa shape index (κ2) is 9.55. The average Bonchev–Trinajstić information content (AvgIpc) is 2.74. The summed E-state index contributed by atoms with van der Waals surface area (Å²) in [5, 5.41) is 10.2. The summed E-state index contributed by atoms with van der Waals surface area (Å²) >= 11 is 0. The van der Waals surface area contributed by atoms with Gasteiger partial charge in [-0.15, -0.1) is 0 Å². The Hall–Kier alpha value is -3.34. The van der Waals surface area contributed by atoms with Gasteiger partial charge in [-0.05, 0) is 48.4 Å². The highest BCUT2D eigenvalue weighted by atomic mass is 16.5. The fourth-order valence-corrected chi connectivity index (χ4v) is 2.87. The van der Waals surface area contributed by atoms with E-state index in [2.05, 4.69) is 11.9 Å². The summed E-state index contributed by atoms with van der Waals surface area (Å²) in [5.74, 6) is 0.656. The Morgan fingerprint density at radius 1 is 1.04 bits per heavy atom. The van der Waals surface area contributed by atoms with E-state index in [4.69, 9.17) is 4.74 Å². The summed E-state index contributed by atoms with van der Waals surface area (Å²) in [6.07, 6.45) is 2.85. The van der Waals surface area contributed by atoms with Gasteiger partial charge in [0, 0.05) is 6.20 Å². The van der Waals surface area contributed by atoms with E-state index in [1.807, 2.05) is 42.5 Å². The van der Waals surface area contributed by atoms with Crippen molar-refractivity contribution in [3.63, 3.8) is 0 Å². The molecule has 144 valence electrons. The zero-order valence-corrected chi connectivity index (χ0v) is 15.9. The molecule has 28 heavy (non-hydrogen) atoms. The van der Waals surface area contributed by atoms with Crippen molar-refractivity contribution in [2.75, 3.05) is 11.5 Å². The third-order valence-corrected chi connectivity index (χ3v) is 4.44. The molecule has 0 radical (unpaired) electrons. The lowest BCUT2D eigenvalue weighted by Gasteiger charge is -2.23. The average molecular weight is 376 g/mol. The summed E-state index contributed by atoms with van der Waals surface area (Å²) in [6.45, 7) is 2.64. The number of para-hydroxylation sites is 2. The van der Waals surface area contributed by atoms with Crippen molar-refractivity contribution < 1.29 is 14.6 Å². The molecule has 1 aromatic heterocycles. The lowest BCUT2D eigenvalue weighted by Crippen LogP contribution is -2.31. The van der Waals surface area contributed by atoms with E-state index in [1.54, 1.807) is 35.4 Å². The lowest BCUT2D eigenvalue weighted by atomic mass is 10.2. The minimum absolute atomic E-state index is 0.0582. The van der Waals surface area contributed by atoms with Gasteiger partial charge >= 0.3 is 0 Å². The molecule has 1 amide bonds. The molecule has 5 heteroatoms. The van der Waals surface area contributed by atoms with Crippen LogP contribution in [0.4, 0.5) is 5.69 Å². The number of anilines is 1. The molecule has 3 aromatic rings. The van der Waals surface area contributed by atoms with Crippen molar-refractivity contribution in [2.24, 2.45) is 0 Å². The Kier molecular flexibility index (Phi) is 6.63. The van der Waals surface area contributed by atoms with E-state index in [9.17, 15) is 9.90 Å². The molecule has 0 saturated heterocycles. The first-order chi connectivity index (χ1) is 13.7. The maximum atomic E-state index is 12.9. The predicted molar refractivity (Wildman–Crippen MR) is 109 cm³/mol. The van der Waals surface area contributed by atoms with Crippen molar-refractivity contribution in [3.8, 4) is 11.5 Å². The van der Waals surface area contributed by atoms with Gasteiger partial charge in [-0.2, -0.15) is 0 Å². The molecule has 1 heterocycles. The van der Waals surface area contributed by atoms with Gasteiger partial charge in [0.2, 0.25) is 5.91 Å². The van der Waals surface area contributed by atoms with Crippen molar-refractivity contribution in [3.05, 3.63) is 84.2 Å². The van der Waals surface area contributed by atoms with Gasteiger partial charge in [-0.1, -0.05) is 37.3 Å². The molecule has 0 aliphatic carbocycles. The van der Waals surface area contributed by atoms with Crippen LogP contribution in [0, 0.1) is 0 Å². The Labute approximate surface area is 165 Å². The number of aryl methyl sites for hydroxylation is 1. The molecule has 2 aromatic carbocycles. The highest BCUT2D eigenvalue weighted by Crippen LogP contribution is 2.28. The van der Waals surface area contributed by atoms with Crippen LogP contribution < -0.4 is 9.64 Å². The topological polar surface area (TPSA) is 62.7 Å². The number of rotatable bonds is 8. The van der Waals surface area contributed by atoms with Gasteiger partial charge in [0.15, 0.2) is 0 Å². The number of phenols is 1. The molecule has 0 aliphatic heterocycles. The van der Waals surface area contributed by atoms with Crippen molar-refractivity contribution >= 4 is 11.6 Å². The SMILES string of the molecule is CCc1ccc(OCCC(=O)N(Cc2ccccn2)c2ccccc2O)cc1. The highest BCUT2D eigenvalue weighted by Gasteiger charge is 2.19. The van der Waals surface area contributed by atoms with Crippen LogP contribution in [0.25, 0.3) is 0 Å². The van der Waals surface area contributed by atoms with Crippen LogP contribution >= 0.6 is 0 Å². The molecular weight excluding hydrogens is 352 g/mol. The van der Waals surface area contributed by atoms with Crippen molar-refractivity contribution in [1.29, 1.82) is 0 Å². The quantitative estimate of drug-likeness (QED) is 0.635. The Morgan fingerprint density at radius 2 is 1.79 bits per heavy atom. The van der Waals surface area contributed by atoms with E-state index < -0.39 is 0 Å². The van der Waals surface area contributed by atoms with Gasteiger partial charge in [-0.3, -0.25) is 9.78 Å². The molecule has 0 aliphatic rings. The van der Waals surface area contributed by atoms with Crippen LogP contribution in [0.5, 0.6) is 11.5 Å². The number of pyridine rings is 1. The van der Waals surface area contributed by atoms with Crippen LogP contribution in [0.2, 0.25) is 0 Å². The maximum absolute atomic E-state index is 12.9. The first-order valence-electron chi connectivity index (χ1n) is 9.37. The number of hydrogen-bond acceptors (Lipinski definition) is 4. The van der Waals surface area contributed by atoms with Gasteiger partial charge in [0.05, 0.1) is 31.0 Å². The molecule has 1 N–H and O–H groups in total. The second-order valence-corrected chi connectivity index (χ2v) is 6.39. The van der Waals surface area contributed by atoms with Crippen LogP contribution in [0.3, 0.4) is 0 Å². The third kappa shape index (κ3) is 5.10. The van der Waals surface area contributed by atoms with E-state index in [1.165, 1.54) is 5.56 Å². The number of benzene rings is 2. The van der Waals surface area contributed by atoms with Crippen molar-refractivity contribution in [2.45, 2.75) is 26.3 Å². The number of carbonyl (C=O) groups excluding carboxylic acids is 1. The van der Waals surface area contributed by atoms with E-state index in [-0.39, 0.29) is 31.2 Å². The molecule has 0 saturated carbocycles. The normalized spacial score (nSPS) is 10.5. The molecule has 3 rings (SSSR count). The molecule has 0 bridgehead atoms. The van der Waals surface area contributed by atoms with E-state index in [0.29, 0.717) is 5.69 Å². The third-order valence-electron chi connectivity index (χ3n) is 4.44. The number of nitrogens with zero attached hydrogens (tertiary/aromatic N) is 2. The molecule has 0 spiro atoms. The van der Waals surface area contributed by atoms with Crippen LogP contribution in [0.1, 0.15) is 24.6 Å². The molecule has 0 fully saturated rings. The first kappa shape index (κ1) is 19.4. The molecule has 0 atom stereocenters. The lowest BCUT2D eigenvalue weighted by molar-refractivity contribution is -0.119. The number of aromatic hydroxyl groups is 1. The summed E-state index contributed by atoms with van der Waals surface area (Å²) in [7, 11) is 0. The van der Waals surface area contributed by atoms with Crippen molar-refractivity contribution in [1.82, 2.24) is 4.98 Å². The largest absolute Gasteiger partial charge is 0.506 e. The smallest absolute Gasteiger partial charge is 0.230 e. The number of carbonyl (C=O) groups is 1. The van der Waals surface area contributed by atoms with Crippen LogP contribution in [-0.2, 0) is 17.8 Å². The Morgan fingerprint density at radius 3 is 2.46 bits per heavy atom. The number of ether oxygens (including phenoxy) is 1. The standard InChI is InChI=1S/C23H24N2O3/c1-2-18-10-12-20(13-11-18)28-16-14-23(27)25(17-19-7-5-6-15-24-19)21-8-3-4-9-22(21)26/h3-13,15,26H,2,14,16-17H2,1H3. The second-order valence-electron chi connectivity index (χ2n) is 6.39. The number of amides is 1. The minimum Gasteiger partial charge on any atom is -0.506 e. The number of hydrogen-bond donors (Lipinski definition) is 1. The number of aromatic nitrogens is 1. The van der Waals surface area contributed by atoms with Gasteiger partial charge in [0.25, 0.3) is 0 Å². The summed E-state index contributed by atoms with van der Waals surface area (Å²) < 4.78 is 5.72. The first-order valence-corrected chi connectivity index (χ1v) is 9.37. The predicted octanol–water partition coefficient (Wildman–Crippen LogP) is 4.35. The summed E-state index contributed by atoms with van der Waals surface area (Å²) in [5.41, 5.74) is 2.45. The summed E-state index contributed by atoms with van der Waals surface area (Å²) in [4.78, 5) is 18.7. The fraction of sp³-hybridized carbons (Fsp3) is 0.217. The van der Waals surface area contributed by atoms with E-state index >= 15 is 0 Å². The molecular formula is C23H24N2O3. The fourth-order valence-electron chi connectivity index (χ4n) is 2.87. The molecule has 0 unspecified atom stereocenters. The highest BCUT2D eigenvalue weighted by molar-refractivity contribution is 5.94.